The predicted molar refractivity (Wildman–Crippen MR) is 113 cm³/mol. The van der Waals surface area contributed by atoms with E-state index in [1.54, 1.807) is 13.0 Å². The summed E-state index contributed by atoms with van der Waals surface area (Å²) >= 11 is 15.4. The van der Waals surface area contributed by atoms with Crippen molar-refractivity contribution in [2.75, 3.05) is 17.1 Å². The van der Waals surface area contributed by atoms with Crippen molar-refractivity contribution in [3.63, 3.8) is 0 Å². The van der Waals surface area contributed by atoms with Crippen molar-refractivity contribution in [2.45, 2.75) is 6.92 Å². The maximum atomic E-state index is 12.3. The maximum Gasteiger partial charge on any atom is 0.260 e. The Balaban J connectivity index is 2.20. The van der Waals surface area contributed by atoms with Gasteiger partial charge in [0, 0.05) is 4.47 Å². The van der Waals surface area contributed by atoms with Gasteiger partial charge in [0.25, 0.3) is 5.91 Å². The summed E-state index contributed by atoms with van der Waals surface area (Å²) in [7, 11) is -3.77. The SMILES string of the molecule is C/C(=N/NC(=O)CN(c1cccc(Cl)c1Cl)S(C)(=O)=O)c1cccc(Br)c1. The van der Waals surface area contributed by atoms with Crippen molar-refractivity contribution in [1.29, 1.82) is 0 Å². The third-order valence-electron chi connectivity index (χ3n) is 3.48. The molecule has 0 radical (unpaired) electrons. The van der Waals surface area contributed by atoms with E-state index in [2.05, 4.69) is 26.5 Å². The average molecular weight is 493 g/mol. The van der Waals surface area contributed by atoms with Gasteiger partial charge >= 0.3 is 0 Å². The van der Waals surface area contributed by atoms with E-state index < -0.39 is 22.5 Å². The van der Waals surface area contributed by atoms with Crippen LogP contribution in [-0.2, 0) is 14.8 Å². The Hall–Kier alpha value is -1.61. The number of anilines is 1. The number of carbonyl (C=O) groups is 1. The van der Waals surface area contributed by atoms with Gasteiger partial charge in [-0.2, -0.15) is 5.10 Å². The van der Waals surface area contributed by atoms with Crippen LogP contribution >= 0.6 is 39.1 Å². The van der Waals surface area contributed by atoms with Gasteiger partial charge in [-0.1, -0.05) is 57.3 Å². The lowest BCUT2D eigenvalue weighted by Gasteiger charge is -2.22. The van der Waals surface area contributed by atoms with Gasteiger partial charge in [0.1, 0.15) is 6.54 Å². The molecule has 0 aromatic heterocycles. The van der Waals surface area contributed by atoms with Gasteiger partial charge in [-0.15, -0.1) is 0 Å². The number of hydrogen-bond donors (Lipinski definition) is 1. The standard InChI is InChI=1S/C17H16BrCl2N3O3S/c1-11(12-5-3-6-13(18)9-12)21-22-16(24)10-23(27(2,25)26)15-8-4-7-14(19)17(15)20/h3-9H,10H2,1-2H3,(H,22,24)/b21-11-. The number of benzene rings is 2. The van der Waals surface area contributed by atoms with E-state index in [1.807, 2.05) is 24.3 Å². The lowest BCUT2D eigenvalue weighted by Crippen LogP contribution is -2.39. The van der Waals surface area contributed by atoms with E-state index in [0.29, 0.717) is 5.71 Å². The van der Waals surface area contributed by atoms with Crippen molar-refractivity contribution < 1.29 is 13.2 Å². The number of nitrogens with one attached hydrogen (secondary N) is 1. The zero-order valence-electron chi connectivity index (χ0n) is 14.4. The Morgan fingerprint density at radius 1 is 1.22 bits per heavy atom. The lowest BCUT2D eigenvalue weighted by molar-refractivity contribution is -0.119. The van der Waals surface area contributed by atoms with Gasteiger partial charge in [-0.3, -0.25) is 9.10 Å². The fourth-order valence-electron chi connectivity index (χ4n) is 2.16. The summed E-state index contributed by atoms with van der Waals surface area (Å²) in [5.74, 6) is -0.620. The van der Waals surface area contributed by atoms with Crippen molar-refractivity contribution in [2.24, 2.45) is 5.10 Å². The monoisotopic (exact) mass is 491 g/mol. The third kappa shape index (κ3) is 5.93. The molecule has 27 heavy (non-hydrogen) atoms. The summed E-state index contributed by atoms with van der Waals surface area (Å²) in [6, 6.07) is 11.9. The van der Waals surface area contributed by atoms with Crippen molar-refractivity contribution in [3.8, 4) is 0 Å². The van der Waals surface area contributed by atoms with Crippen LogP contribution in [0.5, 0.6) is 0 Å². The van der Waals surface area contributed by atoms with Gasteiger partial charge < -0.3 is 0 Å². The Labute approximate surface area is 176 Å². The molecule has 0 bridgehead atoms. The molecule has 0 atom stereocenters. The van der Waals surface area contributed by atoms with Crippen molar-refractivity contribution in [1.82, 2.24) is 5.43 Å². The maximum absolute atomic E-state index is 12.3. The molecule has 144 valence electrons. The van der Waals surface area contributed by atoms with Crippen LogP contribution in [-0.4, -0.2) is 32.8 Å². The highest BCUT2D eigenvalue weighted by Crippen LogP contribution is 2.33. The second-order valence-electron chi connectivity index (χ2n) is 5.59. The molecule has 2 aromatic rings. The van der Waals surface area contributed by atoms with Crippen LogP contribution in [0.25, 0.3) is 0 Å². The summed E-state index contributed by atoms with van der Waals surface area (Å²) in [4.78, 5) is 12.3. The zero-order valence-corrected chi connectivity index (χ0v) is 18.3. The number of halogens is 3. The Kier molecular flexibility index (Phi) is 7.27. The number of amides is 1. The van der Waals surface area contributed by atoms with Crippen molar-refractivity contribution >= 4 is 66.5 Å². The Bertz CT molecular complexity index is 997. The number of hydrazone groups is 1. The highest BCUT2D eigenvalue weighted by atomic mass is 79.9. The van der Waals surface area contributed by atoms with E-state index in [0.717, 1.165) is 20.6 Å². The molecular formula is C17H16BrCl2N3O3S. The first-order chi connectivity index (χ1) is 12.6. The summed E-state index contributed by atoms with van der Waals surface area (Å²) in [6.45, 7) is 1.23. The molecule has 0 spiro atoms. The molecule has 0 fully saturated rings. The number of carbonyl (C=O) groups excluding carboxylic acids is 1. The summed E-state index contributed by atoms with van der Waals surface area (Å²) < 4.78 is 26.0. The van der Waals surface area contributed by atoms with Crippen molar-refractivity contribution in [3.05, 3.63) is 62.5 Å². The largest absolute Gasteiger partial charge is 0.271 e. The fourth-order valence-corrected chi connectivity index (χ4v) is 3.86. The highest BCUT2D eigenvalue weighted by molar-refractivity contribution is 9.10. The minimum Gasteiger partial charge on any atom is -0.271 e. The summed E-state index contributed by atoms with van der Waals surface area (Å²) in [6.07, 6.45) is 0.980. The minimum atomic E-state index is -3.77. The van der Waals surface area contributed by atoms with Crippen LogP contribution in [0.3, 0.4) is 0 Å². The summed E-state index contributed by atoms with van der Waals surface area (Å²) in [5, 5.41) is 4.25. The first kappa shape index (κ1) is 21.7. The molecule has 0 heterocycles. The molecule has 0 saturated heterocycles. The molecule has 2 rings (SSSR count). The van der Waals surface area contributed by atoms with Gasteiger partial charge in [-0.25, -0.2) is 13.8 Å². The molecule has 0 aliphatic carbocycles. The number of hydrogen-bond acceptors (Lipinski definition) is 4. The minimum absolute atomic E-state index is 0.0474. The number of nitrogens with zero attached hydrogens (tertiary/aromatic N) is 2. The van der Waals surface area contributed by atoms with E-state index in [-0.39, 0.29) is 15.7 Å². The van der Waals surface area contributed by atoms with Gasteiger partial charge in [0.05, 0.1) is 27.7 Å². The molecule has 10 heteroatoms. The molecular weight excluding hydrogens is 477 g/mol. The molecule has 0 aliphatic rings. The van der Waals surface area contributed by atoms with Crippen LogP contribution in [0, 0.1) is 0 Å². The van der Waals surface area contributed by atoms with Crippen LogP contribution in [0.2, 0.25) is 10.0 Å². The first-order valence-corrected chi connectivity index (χ1v) is 11.0. The van der Waals surface area contributed by atoms with Crippen LogP contribution < -0.4 is 9.73 Å². The van der Waals surface area contributed by atoms with Gasteiger partial charge in [0.15, 0.2) is 0 Å². The van der Waals surface area contributed by atoms with E-state index in [4.69, 9.17) is 23.2 Å². The molecule has 0 unspecified atom stereocenters. The molecule has 1 amide bonds. The fraction of sp³-hybridized carbons (Fsp3) is 0.176. The molecule has 1 N–H and O–H groups in total. The number of rotatable bonds is 6. The lowest BCUT2D eigenvalue weighted by atomic mass is 10.1. The molecule has 0 aliphatic heterocycles. The smallest absolute Gasteiger partial charge is 0.260 e. The van der Waals surface area contributed by atoms with Crippen LogP contribution in [0.15, 0.2) is 52.0 Å². The zero-order chi connectivity index (χ0) is 20.2. The highest BCUT2D eigenvalue weighted by Gasteiger charge is 2.23. The van der Waals surface area contributed by atoms with Gasteiger partial charge in [0.2, 0.25) is 10.0 Å². The predicted octanol–water partition coefficient (Wildman–Crippen LogP) is 4.06. The topological polar surface area (TPSA) is 78.8 Å². The summed E-state index contributed by atoms with van der Waals surface area (Å²) in [5.41, 5.74) is 3.85. The molecule has 2 aromatic carbocycles. The number of sulfonamides is 1. The third-order valence-corrected chi connectivity index (χ3v) is 5.91. The second kappa shape index (κ2) is 9.05. The average Bonchev–Trinajstić information content (AvgIpc) is 2.59. The Morgan fingerprint density at radius 2 is 1.89 bits per heavy atom. The molecule has 0 saturated carbocycles. The second-order valence-corrected chi connectivity index (χ2v) is 9.19. The Morgan fingerprint density at radius 3 is 2.52 bits per heavy atom. The quantitative estimate of drug-likeness (QED) is 0.487. The van der Waals surface area contributed by atoms with Gasteiger partial charge in [-0.05, 0) is 36.8 Å². The van der Waals surface area contributed by atoms with E-state index in [1.165, 1.54) is 12.1 Å². The van der Waals surface area contributed by atoms with E-state index in [9.17, 15) is 13.2 Å². The van der Waals surface area contributed by atoms with Crippen LogP contribution in [0.4, 0.5) is 5.69 Å². The first-order valence-electron chi connectivity index (χ1n) is 7.60. The normalized spacial score (nSPS) is 12.0. The molecule has 6 nitrogen and oxygen atoms in total. The van der Waals surface area contributed by atoms with E-state index >= 15 is 0 Å². The van der Waals surface area contributed by atoms with Crippen LogP contribution in [0.1, 0.15) is 12.5 Å².